The highest BCUT2D eigenvalue weighted by Crippen LogP contribution is 2.24. The second-order valence-electron chi connectivity index (χ2n) is 4.45. The van der Waals surface area contributed by atoms with E-state index >= 15 is 0 Å². The molecule has 0 N–H and O–H groups in total. The van der Waals surface area contributed by atoms with Crippen LogP contribution in [0.5, 0.6) is 0 Å². The van der Waals surface area contributed by atoms with E-state index in [1.54, 1.807) is 6.20 Å². The van der Waals surface area contributed by atoms with E-state index in [-0.39, 0.29) is 12.4 Å². The first kappa shape index (κ1) is 14.3. The lowest BCUT2D eigenvalue weighted by atomic mass is 10.1. The van der Waals surface area contributed by atoms with Crippen LogP contribution < -0.4 is 0 Å². The third kappa shape index (κ3) is 3.36. The smallest absolute Gasteiger partial charge is 0.137 e. The molecule has 0 aliphatic heterocycles. The molecule has 94 valence electrons. The number of aryl methyl sites for hydroxylation is 1. The second-order valence-corrected chi connectivity index (χ2v) is 4.72. The van der Waals surface area contributed by atoms with Crippen LogP contribution in [-0.4, -0.2) is 4.98 Å². The summed E-state index contributed by atoms with van der Waals surface area (Å²) in [6.45, 7) is 4.43. The lowest BCUT2D eigenvalue weighted by molar-refractivity contribution is 0.499. The molecule has 2 aromatic heterocycles. The van der Waals surface area contributed by atoms with E-state index in [1.807, 2.05) is 6.07 Å². The van der Waals surface area contributed by atoms with Crippen molar-refractivity contribution in [3.63, 3.8) is 0 Å². The summed E-state index contributed by atoms with van der Waals surface area (Å²) < 4.78 is 5.76. The first-order valence-electron chi connectivity index (χ1n) is 5.63. The van der Waals surface area contributed by atoms with Crippen LogP contribution in [0.2, 0.25) is 0 Å². The summed E-state index contributed by atoms with van der Waals surface area (Å²) in [6.07, 6.45) is 3.87. The average Bonchev–Trinajstić information content (AvgIpc) is 2.68. The maximum Gasteiger partial charge on any atom is 0.137 e. The Morgan fingerprint density at radius 2 is 2.18 bits per heavy atom. The van der Waals surface area contributed by atoms with Gasteiger partial charge in [0.2, 0.25) is 0 Å². The van der Waals surface area contributed by atoms with Crippen molar-refractivity contribution in [3.8, 4) is 0 Å². The van der Waals surface area contributed by atoms with Gasteiger partial charge in [0.05, 0.1) is 11.6 Å². The van der Waals surface area contributed by atoms with Gasteiger partial charge in [0.1, 0.15) is 11.3 Å². The van der Waals surface area contributed by atoms with Crippen LogP contribution in [0.1, 0.15) is 31.7 Å². The maximum absolute atomic E-state index is 5.84. The number of hydrogen-bond donors (Lipinski definition) is 0. The fourth-order valence-electron chi connectivity index (χ4n) is 1.73. The van der Waals surface area contributed by atoms with Crippen LogP contribution in [0.4, 0.5) is 0 Å². The number of rotatable bonds is 4. The van der Waals surface area contributed by atoms with Gasteiger partial charge in [-0.3, -0.25) is 4.98 Å². The van der Waals surface area contributed by atoms with Gasteiger partial charge in [-0.1, -0.05) is 13.8 Å². The molecule has 0 amide bonds. The highest BCUT2D eigenvalue weighted by molar-refractivity contribution is 6.17. The molecular weight excluding hydrogens is 257 g/mol. The van der Waals surface area contributed by atoms with Gasteiger partial charge in [-0.15, -0.1) is 24.0 Å². The number of hydrogen-bond acceptors (Lipinski definition) is 2. The van der Waals surface area contributed by atoms with Crippen molar-refractivity contribution >= 4 is 35.0 Å². The first-order valence-corrected chi connectivity index (χ1v) is 6.16. The highest BCUT2D eigenvalue weighted by atomic mass is 35.5. The van der Waals surface area contributed by atoms with Crippen LogP contribution in [0.15, 0.2) is 22.7 Å². The Morgan fingerprint density at radius 1 is 1.41 bits per heavy atom. The molecule has 2 rings (SSSR count). The van der Waals surface area contributed by atoms with E-state index < -0.39 is 0 Å². The number of halogens is 2. The Morgan fingerprint density at radius 3 is 2.82 bits per heavy atom. The summed E-state index contributed by atoms with van der Waals surface area (Å²) in [4.78, 5) is 4.24. The first-order chi connectivity index (χ1) is 7.70. The topological polar surface area (TPSA) is 26.0 Å². The van der Waals surface area contributed by atoms with Crippen molar-refractivity contribution in [2.24, 2.45) is 5.92 Å². The molecule has 0 saturated heterocycles. The normalized spacial score (nSPS) is 10.8. The summed E-state index contributed by atoms with van der Waals surface area (Å²) in [6, 6.07) is 3.96. The monoisotopic (exact) mass is 273 g/mol. The molecular formula is C13H17Cl2NO. The van der Waals surface area contributed by atoms with E-state index in [4.69, 9.17) is 16.0 Å². The zero-order valence-corrected chi connectivity index (χ0v) is 11.6. The van der Waals surface area contributed by atoms with Gasteiger partial charge in [-0.25, -0.2) is 0 Å². The Hall–Kier alpha value is -0.730. The average molecular weight is 274 g/mol. The number of fused-ring (bicyclic) bond motifs is 1. The zero-order valence-electron chi connectivity index (χ0n) is 10.1. The van der Waals surface area contributed by atoms with Crippen molar-refractivity contribution in [1.29, 1.82) is 0 Å². The van der Waals surface area contributed by atoms with Gasteiger partial charge in [0, 0.05) is 18.0 Å². The summed E-state index contributed by atoms with van der Waals surface area (Å²) in [5, 5.41) is 1.05. The molecule has 0 radical (unpaired) electrons. The number of pyridine rings is 1. The summed E-state index contributed by atoms with van der Waals surface area (Å²) in [5.41, 5.74) is 1.79. The SMILES string of the molecule is CC(C)CCc1cc2c(CCl)nccc2o1.Cl. The van der Waals surface area contributed by atoms with Crippen LogP contribution in [0.3, 0.4) is 0 Å². The van der Waals surface area contributed by atoms with Crippen LogP contribution in [0.25, 0.3) is 11.0 Å². The molecule has 0 bridgehead atoms. The predicted molar refractivity (Wildman–Crippen MR) is 74.0 cm³/mol. The Labute approximate surface area is 113 Å². The number of furan rings is 1. The minimum atomic E-state index is 0. The molecule has 0 aliphatic carbocycles. The molecule has 17 heavy (non-hydrogen) atoms. The Bertz CT molecular complexity index is 479. The predicted octanol–water partition coefficient (Wildman–Crippen LogP) is 4.58. The van der Waals surface area contributed by atoms with Crippen LogP contribution in [0, 0.1) is 5.92 Å². The second kappa shape index (κ2) is 6.27. The molecule has 0 spiro atoms. The van der Waals surface area contributed by atoms with E-state index in [9.17, 15) is 0 Å². The number of alkyl halides is 1. The van der Waals surface area contributed by atoms with E-state index in [1.165, 1.54) is 0 Å². The van der Waals surface area contributed by atoms with Crippen molar-refractivity contribution in [2.75, 3.05) is 0 Å². The molecule has 0 aromatic carbocycles. The van der Waals surface area contributed by atoms with Gasteiger partial charge in [-0.05, 0) is 24.5 Å². The standard InChI is InChI=1S/C13H16ClNO.ClH/c1-9(2)3-4-10-7-11-12(8-14)15-6-5-13(11)16-10;/h5-7,9H,3-4,8H2,1-2H3;1H. The number of nitrogens with zero attached hydrogens (tertiary/aromatic N) is 1. The molecule has 2 nitrogen and oxygen atoms in total. The zero-order chi connectivity index (χ0) is 11.5. The third-order valence-corrected chi connectivity index (χ3v) is 2.93. The fraction of sp³-hybridized carbons (Fsp3) is 0.462. The fourth-order valence-corrected chi connectivity index (χ4v) is 1.95. The molecule has 2 aromatic rings. The van der Waals surface area contributed by atoms with E-state index in [0.717, 1.165) is 35.3 Å². The van der Waals surface area contributed by atoms with Crippen molar-refractivity contribution in [2.45, 2.75) is 32.6 Å². The van der Waals surface area contributed by atoms with Gasteiger partial charge in [0.25, 0.3) is 0 Å². The summed E-state index contributed by atoms with van der Waals surface area (Å²) in [5.74, 6) is 2.16. The summed E-state index contributed by atoms with van der Waals surface area (Å²) in [7, 11) is 0. The molecule has 4 heteroatoms. The largest absolute Gasteiger partial charge is 0.461 e. The van der Waals surface area contributed by atoms with Gasteiger partial charge in [-0.2, -0.15) is 0 Å². The van der Waals surface area contributed by atoms with Crippen molar-refractivity contribution in [1.82, 2.24) is 4.98 Å². The van der Waals surface area contributed by atoms with E-state index in [2.05, 4.69) is 24.9 Å². The van der Waals surface area contributed by atoms with Crippen LogP contribution in [-0.2, 0) is 12.3 Å². The molecule has 2 heterocycles. The molecule has 0 atom stereocenters. The minimum absolute atomic E-state index is 0. The molecule has 0 aliphatic rings. The summed E-state index contributed by atoms with van der Waals surface area (Å²) >= 11 is 5.84. The lowest BCUT2D eigenvalue weighted by Crippen LogP contribution is -1.89. The van der Waals surface area contributed by atoms with E-state index in [0.29, 0.717) is 11.8 Å². The Balaban J connectivity index is 0.00000144. The number of aromatic nitrogens is 1. The molecule has 0 unspecified atom stereocenters. The third-order valence-electron chi connectivity index (χ3n) is 2.67. The maximum atomic E-state index is 5.84. The van der Waals surface area contributed by atoms with Gasteiger partial charge >= 0.3 is 0 Å². The highest BCUT2D eigenvalue weighted by Gasteiger charge is 2.08. The van der Waals surface area contributed by atoms with Gasteiger partial charge < -0.3 is 4.42 Å². The quantitative estimate of drug-likeness (QED) is 0.763. The van der Waals surface area contributed by atoms with Crippen molar-refractivity contribution < 1.29 is 4.42 Å². The minimum Gasteiger partial charge on any atom is -0.461 e. The van der Waals surface area contributed by atoms with Crippen LogP contribution >= 0.6 is 24.0 Å². The molecule has 0 fully saturated rings. The van der Waals surface area contributed by atoms with Gasteiger partial charge in [0.15, 0.2) is 0 Å². The lowest BCUT2D eigenvalue weighted by Gasteiger charge is -2.00. The molecule has 0 saturated carbocycles. The van der Waals surface area contributed by atoms with Crippen molar-refractivity contribution in [3.05, 3.63) is 29.8 Å². The Kier molecular flexibility index (Phi) is 5.29.